The molecule has 1 amide bonds. The van der Waals surface area contributed by atoms with E-state index in [1.807, 2.05) is 4.90 Å². The van der Waals surface area contributed by atoms with Crippen LogP contribution in [0.3, 0.4) is 0 Å². The number of hydrogen-bond acceptors (Lipinski definition) is 2. The summed E-state index contributed by atoms with van der Waals surface area (Å²) >= 11 is 5.89. The van der Waals surface area contributed by atoms with Crippen LogP contribution in [0, 0.1) is 0 Å². The average molecular weight is 354 g/mol. The number of amides is 1. The molecule has 0 aliphatic carbocycles. The van der Waals surface area contributed by atoms with Crippen molar-refractivity contribution < 1.29 is 4.79 Å². The summed E-state index contributed by atoms with van der Waals surface area (Å²) in [6, 6.07) is 16.6. The molecule has 1 aliphatic rings. The molecule has 1 N–H and O–H groups in total. The van der Waals surface area contributed by atoms with Gasteiger partial charge in [-0.1, -0.05) is 54.1 Å². The van der Waals surface area contributed by atoms with Crippen molar-refractivity contribution in [1.82, 2.24) is 14.8 Å². The number of carbonyl (C=O) groups excluding carboxylic acids is 1. The van der Waals surface area contributed by atoms with E-state index in [1.54, 1.807) is 12.3 Å². The number of fused-ring (bicyclic) bond motifs is 1. The van der Waals surface area contributed by atoms with Gasteiger partial charge < -0.3 is 9.88 Å². The van der Waals surface area contributed by atoms with Crippen LogP contribution in [0.4, 0.5) is 0 Å². The van der Waals surface area contributed by atoms with Crippen LogP contribution < -0.4 is 0 Å². The van der Waals surface area contributed by atoms with Gasteiger partial charge in [-0.05, 0) is 22.4 Å². The van der Waals surface area contributed by atoms with Gasteiger partial charge in [0.1, 0.15) is 5.69 Å². The van der Waals surface area contributed by atoms with Gasteiger partial charge in [0.05, 0.1) is 5.02 Å². The third-order valence-corrected chi connectivity index (χ3v) is 5.03. The summed E-state index contributed by atoms with van der Waals surface area (Å²) in [6.45, 7) is 4.14. The quantitative estimate of drug-likeness (QED) is 0.778. The van der Waals surface area contributed by atoms with E-state index in [0.29, 0.717) is 10.7 Å². The first-order valence-electron chi connectivity index (χ1n) is 8.53. The lowest BCUT2D eigenvalue weighted by Gasteiger charge is -2.34. The second-order valence-electron chi connectivity index (χ2n) is 6.44. The Labute approximate surface area is 152 Å². The van der Waals surface area contributed by atoms with Crippen molar-refractivity contribution in [3.8, 4) is 0 Å². The number of aromatic nitrogens is 1. The van der Waals surface area contributed by atoms with Crippen LogP contribution in [-0.4, -0.2) is 46.9 Å². The number of nitrogens with one attached hydrogen (secondary N) is 1. The smallest absolute Gasteiger partial charge is 0.270 e. The van der Waals surface area contributed by atoms with Gasteiger partial charge >= 0.3 is 0 Å². The molecule has 0 atom stereocenters. The maximum Gasteiger partial charge on any atom is 0.270 e. The Bertz CT molecular complexity index is 891. The van der Waals surface area contributed by atoms with Gasteiger partial charge in [-0.25, -0.2) is 0 Å². The predicted octanol–water partition coefficient (Wildman–Crippen LogP) is 3.78. The summed E-state index contributed by atoms with van der Waals surface area (Å²) in [6.07, 6.45) is 1.64. The second kappa shape index (κ2) is 6.90. The molecule has 4 nitrogen and oxygen atoms in total. The topological polar surface area (TPSA) is 39.3 Å². The SMILES string of the molecule is O=C(c1cc(Cl)c[nH]1)N1CCN(Cc2cccc3ccccc23)CC1. The minimum absolute atomic E-state index is 0.0247. The van der Waals surface area contributed by atoms with Crippen molar-refractivity contribution >= 4 is 28.3 Å². The molecule has 1 aromatic heterocycles. The van der Waals surface area contributed by atoms with E-state index in [2.05, 4.69) is 52.3 Å². The van der Waals surface area contributed by atoms with E-state index >= 15 is 0 Å². The Morgan fingerprint density at radius 1 is 1.04 bits per heavy atom. The zero-order valence-corrected chi connectivity index (χ0v) is 14.7. The number of benzene rings is 2. The number of hydrogen-bond donors (Lipinski definition) is 1. The summed E-state index contributed by atoms with van der Waals surface area (Å²) in [5, 5.41) is 3.15. The third-order valence-electron chi connectivity index (χ3n) is 4.81. The summed E-state index contributed by atoms with van der Waals surface area (Å²) in [5.74, 6) is 0.0247. The molecule has 0 unspecified atom stereocenters. The van der Waals surface area contributed by atoms with Gasteiger partial charge in [0.2, 0.25) is 0 Å². The first-order valence-corrected chi connectivity index (χ1v) is 8.91. The van der Waals surface area contributed by atoms with Gasteiger partial charge in [-0.15, -0.1) is 0 Å². The number of halogens is 1. The molecule has 0 saturated carbocycles. The van der Waals surface area contributed by atoms with Gasteiger partial charge in [0.15, 0.2) is 0 Å². The Morgan fingerprint density at radius 3 is 2.56 bits per heavy atom. The molecular formula is C20H20ClN3O. The largest absolute Gasteiger partial charge is 0.356 e. The fourth-order valence-corrected chi connectivity index (χ4v) is 3.61. The van der Waals surface area contributed by atoms with Crippen LogP contribution in [0.2, 0.25) is 5.02 Å². The Morgan fingerprint density at radius 2 is 1.80 bits per heavy atom. The predicted molar refractivity (Wildman–Crippen MR) is 101 cm³/mol. The van der Waals surface area contributed by atoms with Crippen LogP contribution in [-0.2, 0) is 6.54 Å². The summed E-state index contributed by atoms with van der Waals surface area (Å²) < 4.78 is 0. The number of rotatable bonds is 3. The molecular weight excluding hydrogens is 334 g/mol. The monoisotopic (exact) mass is 353 g/mol. The summed E-state index contributed by atoms with van der Waals surface area (Å²) in [5.41, 5.74) is 1.90. The Balaban J connectivity index is 1.41. The fourth-order valence-electron chi connectivity index (χ4n) is 3.44. The van der Waals surface area contributed by atoms with E-state index in [1.165, 1.54) is 16.3 Å². The molecule has 4 rings (SSSR count). The van der Waals surface area contributed by atoms with Crippen molar-refractivity contribution in [3.63, 3.8) is 0 Å². The maximum absolute atomic E-state index is 12.5. The van der Waals surface area contributed by atoms with Crippen molar-refractivity contribution in [3.05, 3.63) is 71.0 Å². The summed E-state index contributed by atoms with van der Waals surface area (Å²) in [4.78, 5) is 19.7. The van der Waals surface area contributed by atoms with Gasteiger partial charge in [0.25, 0.3) is 5.91 Å². The zero-order valence-electron chi connectivity index (χ0n) is 13.9. The van der Waals surface area contributed by atoms with Crippen LogP contribution in [0.15, 0.2) is 54.7 Å². The van der Waals surface area contributed by atoms with Crippen molar-refractivity contribution in [2.45, 2.75) is 6.54 Å². The van der Waals surface area contributed by atoms with Crippen molar-refractivity contribution in [2.24, 2.45) is 0 Å². The number of piperazine rings is 1. The minimum atomic E-state index is 0.0247. The zero-order chi connectivity index (χ0) is 17.2. The molecule has 1 fully saturated rings. The molecule has 5 heteroatoms. The number of aromatic amines is 1. The van der Waals surface area contributed by atoms with Gasteiger partial charge in [-0.3, -0.25) is 9.69 Å². The lowest BCUT2D eigenvalue weighted by molar-refractivity contribution is 0.0624. The highest BCUT2D eigenvalue weighted by molar-refractivity contribution is 6.30. The van der Waals surface area contributed by atoms with Crippen LogP contribution in [0.25, 0.3) is 10.8 Å². The summed E-state index contributed by atoms with van der Waals surface area (Å²) in [7, 11) is 0. The lowest BCUT2D eigenvalue weighted by atomic mass is 10.0. The van der Waals surface area contributed by atoms with E-state index in [4.69, 9.17) is 11.6 Å². The van der Waals surface area contributed by atoms with Crippen molar-refractivity contribution in [1.29, 1.82) is 0 Å². The molecule has 1 saturated heterocycles. The van der Waals surface area contributed by atoms with E-state index in [9.17, 15) is 4.79 Å². The van der Waals surface area contributed by atoms with Crippen LogP contribution in [0.5, 0.6) is 0 Å². The molecule has 2 heterocycles. The molecule has 0 radical (unpaired) electrons. The lowest BCUT2D eigenvalue weighted by Crippen LogP contribution is -2.48. The second-order valence-corrected chi connectivity index (χ2v) is 6.87. The maximum atomic E-state index is 12.5. The first-order chi connectivity index (χ1) is 12.2. The first kappa shape index (κ1) is 16.2. The minimum Gasteiger partial charge on any atom is -0.356 e. The molecule has 128 valence electrons. The molecule has 0 spiro atoms. The molecule has 3 aromatic rings. The van der Waals surface area contributed by atoms with E-state index in [0.717, 1.165) is 32.7 Å². The highest BCUT2D eigenvalue weighted by Gasteiger charge is 2.23. The standard InChI is InChI=1S/C20H20ClN3O/c21-17-12-19(22-13-17)20(25)24-10-8-23(9-11-24)14-16-6-3-5-15-4-1-2-7-18(15)16/h1-7,12-13,22H,8-11,14H2. The Kier molecular flexibility index (Phi) is 4.47. The number of carbonyl (C=O) groups is 1. The number of H-pyrrole nitrogens is 1. The van der Waals surface area contributed by atoms with E-state index in [-0.39, 0.29) is 5.91 Å². The van der Waals surface area contributed by atoms with E-state index < -0.39 is 0 Å². The molecule has 0 bridgehead atoms. The fraction of sp³-hybridized carbons (Fsp3) is 0.250. The van der Waals surface area contributed by atoms with Gasteiger partial charge in [0, 0.05) is 38.9 Å². The van der Waals surface area contributed by atoms with Gasteiger partial charge in [-0.2, -0.15) is 0 Å². The molecule has 2 aromatic carbocycles. The average Bonchev–Trinajstić information content (AvgIpc) is 3.08. The number of nitrogens with zero attached hydrogens (tertiary/aromatic N) is 2. The van der Waals surface area contributed by atoms with Crippen molar-refractivity contribution in [2.75, 3.05) is 26.2 Å². The third kappa shape index (κ3) is 3.41. The molecule has 1 aliphatic heterocycles. The highest BCUT2D eigenvalue weighted by Crippen LogP contribution is 2.21. The highest BCUT2D eigenvalue weighted by atomic mass is 35.5. The van der Waals surface area contributed by atoms with Crippen LogP contribution >= 0.6 is 11.6 Å². The Hall–Kier alpha value is -2.30. The molecule has 25 heavy (non-hydrogen) atoms. The van der Waals surface area contributed by atoms with Crippen LogP contribution in [0.1, 0.15) is 16.1 Å². The normalized spacial score (nSPS) is 15.6.